The summed E-state index contributed by atoms with van der Waals surface area (Å²) in [6.07, 6.45) is 0. The summed E-state index contributed by atoms with van der Waals surface area (Å²) >= 11 is 1.61. The molecule has 1 aromatic carbocycles. The van der Waals surface area contributed by atoms with Gasteiger partial charge < -0.3 is 15.1 Å². The smallest absolute Gasteiger partial charge is 0.251 e. The van der Waals surface area contributed by atoms with Crippen molar-refractivity contribution < 1.29 is 9.69 Å². The number of nitrogens with one attached hydrogen (secondary N) is 2. The van der Waals surface area contributed by atoms with Gasteiger partial charge in [0.05, 0.1) is 27.2 Å². The van der Waals surface area contributed by atoms with Crippen LogP contribution in [0.25, 0.3) is 0 Å². The number of likely N-dealkylation sites (N-methyl/N-ethyl adjacent to an activating group) is 1. The molecule has 0 unspecified atom stereocenters. The van der Waals surface area contributed by atoms with Gasteiger partial charge in [-0.05, 0) is 31.5 Å². The monoisotopic (exact) mass is 388 g/mol. The Bertz CT molecular complexity index is 775. The second-order valence-corrected chi connectivity index (χ2v) is 8.08. The molecule has 1 heterocycles. The number of amides is 1. The first kappa shape index (κ1) is 21.2. The fourth-order valence-electron chi connectivity index (χ4n) is 2.52. The van der Waals surface area contributed by atoms with Crippen LogP contribution < -0.4 is 15.1 Å². The largest absolute Gasteiger partial charge is 0.362 e. The number of nitrogens with zero attached hydrogens (tertiary/aromatic N) is 3. The van der Waals surface area contributed by atoms with Crippen molar-refractivity contribution in [2.45, 2.75) is 24.8 Å². The van der Waals surface area contributed by atoms with Crippen molar-refractivity contribution in [3.05, 3.63) is 46.6 Å². The average molecular weight is 389 g/mol. The van der Waals surface area contributed by atoms with Crippen molar-refractivity contribution in [1.82, 2.24) is 15.3 Å². The highest BCUT2D eigenvalue weighted by Crippen LogP contribution is 2.25. The molecule has 2 rings (SSSR count). The minimum Gasteiger partial charge on any atom is -0.362 e. The molecule has 0 aliphatic heterocycles. The lowest BCUT2D eigenvalue weighted by molar-refractivity contribution is -0.856. The van der Waals surface area contributed by atoms with E-state index in [9.17, 15) is 4.79 Å². The SMILES string of the molecule is Cc1nc(SCc2ccc(C(=O)NCC[NH+](C)C)cc2)nc(N(C)C)c1C. The lowest BCUT2D eigenvalue weighted by Crippen LogP contribution is -3.06. The Morgan fingerprint density at radius 2 is 1.81 bits per heavy atom. The molecule has 0 saturated heterocycles. The number of quaternary nitrogens is 1. The number of rotatable bonds is 8. The lowest BCUT2D eigenvalue weighted by Gasteiger charge is -2.16. The number of thioether (sulfide) groups is 1. The third-order valence-electron chi connectivity index (χ3n) is 4.26. The Labute approximate surface area is 166 Å². The summed E-state index contributed by atoms with van der Waals surface area (Å²) in [5, 5.41) is 3.72. The van der Waals surface area contributed by atoms with Crippen LogP contribution >= 0.6 is 11.8 Å². The lowest BCUT2D eigenvalue weighted by atomic mass is 10.1. The molecule has 0 saturated carbocycles. The van der Waals surface area contributed by atoms with E-state index in [0.717, 1.165) is 40.1 Å². The van der Waals surface area contributed by atoms with Crippen LogP contribution in [0.15, 0.2) is 29.4 Å². The Hall–Kier alpha value is -2.12. The van der Waals surface area contributed by atoms with E-state index in [1.807, 2.05) is 57.1 Å². The van der Waals surface area contributed by atoms with Crippen LogP contribution in [0.1, 0.15) is 27.2 Å². The van der Waals surface area contributed by atoms with Crippen LogP contribution in [0, 0.1) is 13.8 Å². The predicted molar refractivity (Wildman–Crippen MR) is 112 cm³/mol. The molecule has 2 N–H and O–H groups in total. The van der Waals surface area contributed by atoms with E-state index >= 15 is 0 Å². The van der Waals surface area contributed by atoms with Gasteiger partial charge in [0.1, 0.15) is 5.82 Å². The third kappa shape index (κ3) is 6.22. The van der Waals surface area contributed by atoms with Gasteiger partial charge in [-0.1, -0.05) is 23.9 Å². The number of carbonyl (C=O) groups excluding carboxylic acids is 1. The maximum atomic E-state index is 12.1. The molecule has 2 aromatic rings. The summed E-state index contributed by atoms with van der Waals surface area (Å²) in [6.45, 7) is 5.64. The number of aromatic nitrogens is 2. The summed E-state index contributed by atoms with van der Waals surface area (Å²) in [4.78, 5) is 24.7. The molecule has 6 nitrogen and oxygen atoms in total. The van der Waals surface area contributed by atoms with Crippen molar-refractivity contribution in [3.8, 4) is 0 Å². The molecule has 0 spiro atoms. The molecule has 1 amide bonds. The third-order valence-corrected chi connectivity index (χ3v) is 5.18. The summed E-state index contributed by atoms with van der Waals surface area (Å²) in [6, 6.07) is 7.74. The fourth-order valence-corrected chi connectivity index (χ4v) is 3.36. The second-order valence-electron chi connectivity index (χ2n) is 7.13. The van der Waals surface area contributed by atoms with Crippen LogP contribution in [-0.4, -0.2) is 57.2 Å². The number of carbonyl (C=O) groups is 1. The number of hydrogen-bond donors (Lipinski definition) is 2. The van der Waals surface area contributed by atoms with Gasteiger partial charge in [-0.25, -0.2) is 9.97 Å². The van der Waals surface area contributed by atoms with Crippen LogP contribution in [0.2, 0.25) is 0 Å². The number of hydrogen-bond acceptors (Lipinski definition) is 5. The zero-order chi connectivity index (χ0) is 20.0. The van der Waals surface area contributed by atoms with Gasteiger partial charge in [-0.15, -0.1) is 0 Å². The van der Waals surface area contributed by atoms with E-state index in [4.69, 9.17) is 0 Å². The van der Waals surface area contributed by atoms with Gasteiger partial charge in [-0.2, -0.15) is 0 Å². The average Bonchev–Trinajstić information content (AvgIpc) is 2.62. The molecule has 1 aromatic heterocycles. The number of anilines is 1. The zero-order valence-corrected chi connectivity index (χ0v) is 17.9. The van der Waals surface area contributed by atoms with E-state index in [2.05, 4.69) is 29.4 Å². The van der Waals surface area contributed by atoms with Crippen LogP contribution in [0.4, 0.5) is 5.82 Å². The van der Waals surface area contributed by atoms with Gasteiger partial charge in [-0.3, -0.25) is 4.79 Å². The van der Waals surface area contributed by atoms with Crippen molar-refractivity contribution in [3.63, 3.8) is 0 Å². The number of benzene rings is 1. The molecule has 0 radical (unpaired) electrons. The maximum Gasteiger partial charge on any atom is 0.251 e. The summed E-state index contributed by atoms with van der Waals surface area (Å²) in [7, 11) is 8.12. The number of aryl methyl sites for hydroxylation is 1. The highest BCUT2D eigenvalue weighted by Gasteiger charge is 2.11. The summed E-state index contributed by atoms with van der Waals surface area (Å²) < 4.78 is 0. The fraction of sp³-hybridized carbons (Fsp3) is 0.450. The summed E-state index contributed by atoms with van der Waals surface area (Å²) in [5.41, 5.74) is 3.94. The van der Waals surface area contributed by atoms with Crippen molar-refractivity contribution in [2.24, 2.45) is 0 Å². The van der Waals surface area contributed by atoms with E-state index in [1.165, 1.54) is 4.90 Å². The van der Waals surface area contributed by atoms with Gasteiger partial charge in [0.2, 0.25) is 0 Å². The molecule has 0 atom stereocenters. The predicted octanol–water partition coefficient (Wildman–Crippen LogP) is 1.33. The van der Waals surface area contributed by atoms with Crippen LogP contribution in [0.5, 0.6) is 0 Å². The van der Waals surface area contributed by atoms with Gasteiger partial charge in [0.25, 0.3) is 5.91 Å². The first-order chi connectivity index (χ1) is 12.8. The van der Waals surface area contributed by atoms with E-state index in [1.54, 1.807) is 11.8 Å². The molecular weight excluding hydrogens is 358 g/mol. The molecule has 0 bridgehead atoms. The van der Waals surface area contributed by atoms with Gasteiger partial charge in [0, 0.05) is 36.7 Å². The zero-order valence-electron chi connectivity index (χ0n) is 17.1. The van der Waals surface area contributed by atoms with Gasteiger partial charge in [0.15, 0.2) is 5.16 Å². The van der Waals surface area contributed by atoms with Crippen LogP contribution in [-0.2, 0) is 5.75 Å². The standard InChI is InChI=1S/C20H29N5OS/c1-14-15(2)22-20(23-18(14)25(5)6)27-13-16-7-9-17(10-8-16)19(26)21-11-12-24(3)4/h7-10H,11-13H2,1-6H3,(H,21,26)/p+1. The molecule has 0 aliphatic rings. The van der Waals surface area contributed by atoms with E-state index < -0.39 is 0 Å². The highest BCUT2D eigenvalue weighted by molar-refractivity contribution is 7.98. The minimum atomic E-state index is -0.0245. The quantitative estimate of drug-likeness (QED) is 0.528. The van der Waals surface area contributed by atoms with E-state index in [-0.39, 0.29) is 5.91 Å². The Balaban J connectivity index is 1.96. The minimum absolute atomic E-state index is 0.0245. The molecular formula is C20H30N5OS+. The molecule has 0 aliphatic carbocycles. The molecule has 0 fully saturated rings. The maximum absolute atomic E-state index is 12.1. The Kier molecular flexibility index (Phi) is 7.62. The second kappa shape index (κ2) is 9.71. The molecule has 146 valence electrons. The molecule has 27 heavy (non-hydrogen) atoms. The van der Waals surface area contributed by atoms with Crippen molar-refractivity contribution >= 4 is 23.5 Å². The van der Waals surface area contributed by atoms with Crippen molar-refractivity contribution in [2.75, 3.05) is 46.2 Å². The normalized spacial score (nSPS) is 10.9. The Morgan fingerprint density at radius 1 is 1.15 bits per heavy atom. The molecule has 7 heteroatoms. The van der Waals surface area contributed by atoms with Gasteiger partial charge >= 0.3 is 0 Å². The van der Waals surface area contributed by atoms with E-state index in [0.29, 0.717) is 12.1 Å². The first-order valence-electron chi connectivity index (χ1n) is 9.09. The van der Waals surface area contributed by atoms with Crippen LogP contribution in [0.3, 0.4) is 0 Å². The first-order valence-corrected chi connectivity index (χ1v) is 10.1. The van der Waals surface area contributed by atoms with Crippen molar-refractivity contribution in [1.29, 1.82) is 0 Å². The summed E-state index contributed by atoms with van der Waals surface area (Å²) in [5.74, 6) is 1.70. The Morgan fingerprint density at radius 3 is 2.41 bits per heavy atom. The topological polar surface area (TPSA) is 62.6 Å². The highest BCUT2D eigenvalue weighted by atomic mass is 32.2.